The van der Waals surface area contributed by atoms with Crippen molar-refractivity contribution in [2.45, 2.75) is 13.8 Å². The van der Waals surface area contributed by atoms with Gasteiger partial charge in [0, 0.05) is 11.5 Å². The molecule has 0 saturated carbocycles. The predicted molar refractivity (Wildman–Crippen MR) is 79.2 cm³/mol. The number of hydrogen-bond acceptors (Lipinski definition) is 3. The Morgan fingerprint density at radius 2 is 2.11 bits per heavy atom. The molecule has 0 aliphatic rings. The first-order valence-electron chi connectivity index (χ1n) is 5.76. The molecule has 0 unspecified atom stereocenters. The van der Waals surface area contributed by atoms with Crippen LogP contribution >= 0.6 is 15.9 Å². The standard InChI is InChI=1S/C13H15BrN4O/c1-7-4-5-9(10(14)6-7)13(19)16-12-11(15)8(2)17-18(12)3/h4-6H,15H2,1-3H3,(H,16,19). The molecule has 0 saturated heterocycles. The van der Waals surface area contributed by atoms with Gasteiger partial charge in [-0.1, -0.05) is 6.07 Å². The third kappa shape index (κ3) is 2.63. The minimum Gasteiger partial charge on any atom is -0.394 e. The number of rotatable bonds is 2. The predicted octanol–water partition coefficient (Wildman–Crippen LogP) is 2.63. The van der Waals surface area contributed by atoms with Crippen molar-refractivity contribution in [2.24, 2.45) is 7.05 Å². The van der Waals surface area contributed by atoms with E-state index in [0.717, 1.165) is 10.0 Å². The molecule has 0 atom stereocenters. The first-order valence-corrected chi connectivity index (χ1v) is 6.56. The summed E-state index contributed by atoms with van der Waals surface area (Å²) in [5.74, 6) is 0.288. The Bertz CT molecular complexity index is 648. The van der Waals surface area contributed by atoms with Gasteiger partial charge in [-0.05, 0) is 47.5 Å². The molecular weight excluding hydrogens is 308 g/mol. The van der Waals surface area contributed by atoms with Gasteiger partial charge < -0.3 is 11.1 Å². The number of hydrogen-bond donors (Lipinski definition) is 2. The topological polar surface area (TPSA) is 72.9 Å². The van der Waals surface area contributed by atoms with Gasteiger partial charge in [0.1, 0.15) is 0 Å². The maximum absolute atomic E-state index is 12.2. The average molecular weight is 323 g/mol. The maximum Gasteiger partial charge on any atom is 0.258 e. The number of benzene rings is 1. The van der Waals surface area contributed by atoms with Crippen LogP contribution in [0.4, 0.5) is 11.5 Å². The Labute approximate surface area is 119 Å². The maximum atomic E-state index is 12.2. The summed E-state index contributed by atoms with van der Waals surface area (Å²) >= 11 is 3.39. The van der Waals surface area contributed by atoms with Crippen molar-refractivity contribution in [2.75, 3.05) is 11.1 Å². The smallest absolute Gasteiger partial charge is 0.258 e. The summed E-state index contributed by atoms with van der Waals surface area (Å²) < 4.78 is 2.31. The normalized spacial score (nSPS) is 10.5. The van der Waals surface area contributed by atoms with E-state index in [2.05, 4.69) is 26.3 Å². The highest BCUT2D eigenvalue weighted by atomic mass is 79.9. The van der Waals surface area contributed by atoms with Crippen LogP contribution in [-0.2, 0) is 7.05 Å². The number of anilines is 2. The number of aryl methyl sites for hydroxylation is 3. The molecule has 0 radical (unpaired) electrons. The van der Waals surface area contributed by atoms with E-state index in [4.69, 9.17) is 5.73 Å². The number of nitrogens with zero attached hydrogens (tertiary/aromatic N) is 2. The Kier molecular flexibility index (Phi) is 3.61. The van der Waals surface area contributed by atoms with E-state index in [-0.39, 0.29) is 5.91 Å². The summed E-state index contributed by atoms with van der Waals surface area (Å²) in [6.07, 6.45) is 0. The molecule has 2 rings (SSSR count). The summed E-state index contributed by atoms with van der Waals surface area (Å²) in [5.41, 5.74) is 8.70. The van der Waals surface area contributed by atoms with Crippen LogP contribution in [0.25, 0.3) is 0 Å². The lowest BCUT2D eigenvalue weighted by atomic mass is 10.1. The molecule has 2 aromatic rings. The third-order valence-corrected chi connectivity index (χ3v) is 3.53. The van der Waals surface area contributed by atoms with Gasteiger partial charge in [0.2, 0.25) is 0 Å². The van der Waals surface area contributed by atoms with Crippen molar-refractivity contribution in [3.05, 3.63) is 39.5 Å². The molecule has 0 aliphatic carbocycles. The number of nitrogens with one attached hydrogen (secondary N) is 1. The number of aromatic nitrogens is 2. The summed E-state index contributed by atoms with van der Waals surface area (Å²) in [5, 5.41) is 6.94. The van der Waals surface area contributed by atoms with Crippen molar-refractivity contribution < 1.29 is 4.79 Å². The Hall–Kier alpha value is -1.82. The van der Waals surface area contributed by atoms with Crippen LogP contribution in [0.3, 0.4) is 0 Å². The lowest BCUT2D eigenvalue weighted by Crippen LogP contribution is -2.16. The zero-order valence-corrected chi connectivity index (χ0v) is 12.6. The van der Waals surface area contributed by atoms with E-state index >= 15 is 0 Å². The molecule has 1 aromatic heterocycles. The fourth-order valence-electron chi connectivity index (χ4n) is 1.80. The van der Waals surface area contributed by atoms with E-state index < -0.39 is 0 Å². The fourth-order valence-corrected chi connectivity index (χ4v) is 2.48. The number of amides is 1. The van der Waals surface area contributed by atoms with Crippen LogP contribution in [0.2, 0.25) is 0 Å². The van der Waals surface area contributed by atoms with Gasteiger partial charge in [0.15, 0.2) is 5.82 Å². The summed E-state index contributed by atoms with van der Waals surface area (Å²) in [6, 6.07) is 5.55. The van der Waals surface area contributed by atoms with E-state index in [1.165, 1.54) is 0 Å². The number of nitrogens with two attached hydrogens (primary N) is 1. The van der Waals surface area contributed by atoms with E-state index in [9.17, 15) is 4.79 Å². The number of halogens is 1. The molecule has 5 nitrogen and oxygen atoms in total. The number of nitrogen functional groups attached to an aromatic ring is 1. The van der Waals surface area contributed by atoms with Crippen LogP contribution < -0.4 is 11.1 Å². The fraction of sp³-hybridized carbons (Fsp3) is 0.231. The molecular formula is C13H15BrN4O. The molecule has 0 spiro atoms. The molecule has 0 aliphatic heterocycles. The van der Waals surface area contributed by atoms with E-state index in [1.807, 2.05) is 19.1 Å². The largest absolute Gasteiger partial charge is 0.394 e. The van der Waals surface area contributed by atoms with Gasteiger partial charge in [-0.3, -0.25) is 9.48 Å². The Morgan fingerprint density at radius 1 is 1.42 bits per heavy atom. The summed E-state index contributed by atoms with van der Waals surface area (Å²) in [4.78, 5) is 12.2. The van der Waals surface area contributed by atoms with E-state index in [1.54, 1.807) is 24.7 Å². The number of carbonyl (C=O) groups excluding carboxylic acids is 1. The first-order chi connectivity index (χ1) is 8.90. The molecule has 1 amide bonds. The van der Waals surface area contributed by atoms with Crippen LogP contribution in [-0.4, -0.2) is 15.7 Å². The minimum atomic E-state index is -0.221. The van der Waals surface area contributed by atoms with Crippen molar-refractivity contribution in [3.63, 3.8) is 0 Å². The monoisotopic (exact) mass is 322 g/mol. The van der Waals surface area contributed by atoms with Gasteiger partial charge in [-0.25, -0.2) is 0 Å². The van der Waals surface area contributed by atoms with Gasteiger partial charge in [0.25, 0.3) is 5.91 Å². The molecule has 19 heavy (non-hydrogen) atoms. The minimum absolute atomic E-state index is 0.221. The van der Waals surface area contributed by atoms with Gasteiger partial charge in [-0.2, -0.15) is 5.10 Å². The molecule has 1 aromatic carbocycles. The highest BCUT2D eigenvalue weighted by Crippen LogP contribution is 2.24. The summed E-state index contributed by atoms with van der Waals surface area (Å²) in [7, 11) is 1.74. The second kappa shape index (κ2) is 5.05. The van der Waals surface area contributed by atoms with Gasteiger partial charge in [0.05, 0.1) is 16.9 Å². The highest BCUT2D eigenvalue weighted by molar-refractivity contribution is 9.10. The van der Waals surface area contributed by atoms with Crippen molar-refractivity contribution >= 4 is 33.3 Å². The Morgan fingerprint density at radius 3 is 2.63 bits per heavy atom. The highest BCUT2D eigenvalue weighted by Gasteiger charge is 2.16. The lowest BCUT2D eigenvalue weighted by Gasteiger charge is -2.08. The zero-order valence-electron chi connectivity index (χ0n) is 11.0. The quantitative estimate of drug-likeness (QED) is 0.892. The first kappa shape index (κ1) is 13.6. The second-order valence-corrected chi connectivity index (χ2v) is 5.26. The zero-order chi connectivity index (χ0) is 14.2. The molecule has 6 heteroatoms. The SMILES string of the molecule is Cc1ccc(C(=O)Nc2c(N)c(C)nn2C)c(Br)c1. The molecule has 0 fully saturated rings. The molecule has 1 heterocycles. The summed E-state index contributed by atoms with van der Waals surface area (Å²) in [6.45, 7) is 3.77. The molecule has 100 valence electrons. The second-order valence-electron chi connectivity index (χ2n) is 4.41. The third-order valence-electron chi connectivity index (χ3n) is 2.87. The van der Waals surface area contributed by atoms with E-state index in [0.29, 0.717) is 22.8 Å². The van der Waals surface area contributed by atoms with Crippen LogP contribution in [0.15, 0.2) is 22.7 Å². The number of carbonyl (C=O) groups is 1. The Balaban J connectivity index is 2.31. The average Bonchev–Trinajstić information content (AvgIpc) is 2.56. The van der Waals surface area contributed by atoms with Gasteiger partial charge in [-0.15, -0.1) is 0 Å². The molecule has 3 N–H and O–H groups in total. The van der Waals surface area contributed by atoms with Crippen LogP contribution in [0.1, 0.15) is 21.6 Å². The van der Waals surface area contributed by atoms with Crippen LogP contribution in [0.5, 0.6) is 0 Å². The van der Waals surface area contributed by atoms with Crippen molar-refractivity contribution in [1.29, 1.82) is 0 Å². The molecule has 0 bridgehead atoms. The van der Waals surface area contributed by atoms with Crippen molar-refractivity contribution in [3.8, 4) is 0 Å². The van der Waals surface area contributed by atoms with Crippen molar-refractivity contribution in [1.82, 2.24) is 9.78 Å². The van der Waals surface area contributed by atoms with Crippen LogP contribution in [0, 0.1) is 13.8 Å². The lowest BCUT2D eigenvalue weighted by molar-refractivity contribution is 0.102. The van der Waals surface area contributed by atoms with Gasteiger partial charge >= 0.3 is 0 Å².